The standard InChI is InChI=1S/C18H18N4O2S/c1-3-9-20-16(23)15-14(8-10-25-15)22-17(20)19-21(18(22)24)11-13-6-4-12(2)5-7-13/h4-8,10H,3,9,11H2,1-2H3. The molecule has 4 rings (SSSR count). The highest BCUT2D eigenvalue weighted by atomic mass is 32.1. The van der Waals surface area contributed by atoms with Crippen molar-refractivity contribution >= 4 is 27.3 Å². The van der Waals surface area contributed by atoms with E-state index in [2.05, 4.69) is 5.10 Å². The average Bonchev–Trinajstić information content (AvgIpc) is 3.19. The first-order chi connectivity index (χ1) is 12.1. The molecule has 0 saturated heterocycles. The third kappa shape index (κ3) is 2.51. The zero-order valence-corrected chi connectivity index (χ0v) is 14.9. The molecule has 4 aromatic rings. The van der Waals surface area contributed by atoms with Gasteiger partial charge in [-0.3, -0.25) is 9.36 Å². The second-order valence-electron chi connectivity index (χ2n) is 6.15. The Kier molecular flexibility index (Phi) is 3.80. The van der Waals surface area contributed by atoms with Crippen LogP contribution in [0.5, 0.6) is 0 Å². The second kappa shape index (κ2) is 6.00. The summed E-state index contributed by atoms with van der Waals surface area (Å²) in [4.78, 5) is 25.7. The fourth-order valence-corrected chi connectivity index (χ4v) is 3.85. The van der Waals surface area contributed by atoms with Crippen molar-refractivity contribution in [3.63, 3.8) is 0 Å². The van der Waals surface area contributed by atoms with E-state index in [1.165, 1.54) is 21.6 Å². The summed E-state index contributed by atoms with van der Waals surface area (Å²) in [5, 5.41) is 6.31. The van der Waals surface area contributed by atoms with Crippen LogP contribution in [0.3, 0.4) is 0 Å². The van der Waals surface area contributed by atoms with Crippen molar-refractivity contribution in [3.8, 4) is 0 Å². The molecule has 0 saturated carbocycles. The SMILES string of the molecule is CCCn1c(=O)c2sccc2n2c(=O)n(Cc3ccc(C)cc3)nc12. The number of benzene rings is 1. The maximum Gasteiger partial charge on any atom is 0.352 e. The van der Waals surface area contributed by atoms with Gasteiger partial charge in [-0.2, -0.15) is 0 Å². The van der Waals surface area contributed by atoms with E-state index < -0.39 is 0 Å². The Balaban J connectivity index is 1.97. The number of rotatable bonds is 4. The highest BCUT2D eigenvalue weighted by Crippen LogP contribution is 2.17. The maximum absolute atomic E-state index is 12.9. The summed E-state index contributed by atoms with van der Waals surface area (Å²) in [6.07, 6.45) is 0.797. The predicted molar refractivity (Wildman–Crippen MR) is 99.7 cm³/mol. The highest BCUT2D eigenvalue weighted by molar-refractivity contribution is 7.17. The van der Waals surface area contributed by atoms with Crippen molar-refractivity contribution in [1.82, 2.24) is 18.7 Å². The minimum atomic E-state index is -0.219. The highest BCUT2D eigenvalue weighted by Gasteiger charge is 2.17. The molecular formula is C18H18N4O2S. The maximum atomic E-state index is 12.9. The number of thiophene rings is 1. The quantitative estimate of drug-likeness (QED) is 0.566. The van der Waals surface area contributed by atoms with Gasteiger partial charge in [-0.05, 0) is 30.4 Å². The van der Waals surface area contributed by atoms with Gasteiger partial charge in [0, 0.05) is 6.54 Å². The molecule has 0 fully saturated rings. The summed E-state index contributed by atoms with van der Waals surface area (Å²) in [7, 11) is 0. The van der Waals surface area contributed by atoms with Gasteiger partial charge in [0.25, 0.3) is 5.56 Å². The van der Waals surface area contributed by atoms with Crippen molar-refractivity contribution in [3.05, 3.63) is 67.7 Å². The summed E-state index contributed by atoms with van der Waals surface area (Å²) in [5.74, 6) is 0.412. The first kappa shape index (κ1) is 15.8. The van der Waals surface area contributed by atoms with E-state index in [4.69, 9.17) is 0 Å². The molecule has 0 bridgehead atoms. The van der Waals surface area contributed by atoms with Crippen LogP contribution in [-0.2, 0) is 13.1 Å². The first-order valence-electron chi connectivity index (χ1n) is 8.25. The zero-order chi connectivity index (χ0) is 17.6. The number of hydrogen-bond donors (Lipinski definition) is 0. The zero-order valence-electron chi connectivity index (χ0n) is 14.1. The van der Waals surface area contributed by atoms with Crippen LogP contribution in [-0.4, -0.2) is 18.7 Å². The predicted octanol–water partition coefficient (Wildman–Crippen LogP) is 2.64. The number of aromatic nitrogens is 4. The molecule has 0 aliphatic carbocycles. The van der Waals surface area contributed by atoms with Gasteiger partial charge in [-0.25, -0.2) is 13.9 Å². The van der Waals surface area contributed by atoms with E-state index in [9.17, 15) is 9.59 Å². The largest absolute Gasteiger partial charge is 0.352 e. The Labute approximate surface area is 147 Å². The molecule has 0 atom stereocenters. The van der Waals surface area contributed by atoms with Gasteiger partial charge in [0.2, 0.25) is 5.78 Å². The Morgan fingerprint density at radius 2 is 1.88 bits per heavy atom. The van der Waals surface area contributed by atoms with E-state index in [0.29, 0.717) is 29.1 Å². The lowest BCUT2D eigenvalue weighted by Crippen LogP contribution is -2.25. The third-order valence-electron chi connectivity index (χ3n) is 4.29. The fraction of sp³-hybridized carbons (Fsp3) is 0.278. The smallest absolute Gasteiger partial charge is 0.276 e. The van der Waals surface area contributed by atoms with Gasteiger partial charge in [0.05, 0.1) is 12.1 Å². The van der Waals surface area contributed by atoms with Crippen molar-refractivity contribution in [1.29, 1.82) is 0 Å². The summed E-state index contributed by atoms with van der Waals surface area (Å²) in [5.41, 5.74) is 2.51. The number of aryl methyl sites for hydroxylation is 2. The monoisotopic (exact) mass is 354 g/mol. The molecule has 0 aliphatic rings. The van der Waals surface area contributed by atoms with Crippen LogP contribution in [0.2, 0.25) is 0 Å². The normalized spacial score (nSPS) is 11.6. The van der Waals surface area contributed by atoms with E-state index in [1.807, 2.05) is 49.6 Å². The van der Waals surface area contributed by atoms with Gasteiger partial charge in [0.1, 0.15) is 4.70 Å². The Morgan fingerprint density at radius 1 is 1.12 bits per heavy atom. The Morgan fingerprint density at radius 3 is 2.60 bits per heavy atom. The summed E-state index contributed by atoms with van der Waals surface area (Å²) in [6, 6.07) is 9.82. The van der Waals surface area contributed by atoms with Gasteiger partial charge in [-0.15, -0.1) is 16.4 Å². The van der Waals surface area contributed by atoms with E-state index in [-0.39, 0.29) is 11.2 Å². The van der Waals surface area contributed by atoms with Crippen molar-refractivity contribution < 1.29 is 0 Å². The number of nitrogens with zero attached hydrogens (tertiary/aromatic N) is 4. The minimum absolute atomic E-state index is 0.0770. The topological polar surface area (TPSA) is 61.3 Å². The molecule has 6 nitrogen and oxygen atoms in total. The summed E-state index contributed by atoms with van der Waals surface area (Å²) in [6.45, 7) is 4.95. The molecule has 0 N–H and O–H groups in total. The number of hydrogen-bond acceptors (Lipinski definition) is 4. The molecular weight excluding hydrogens is 336 g/mol. The molecule has 0 unspecified atom stereocenters. The molecule has 0 amide bonds. The van der Waals surface area contributed by atoms with Gasteiger partial charge in [0.15, 0.2) is 0 Å². The Bertz CT molecular complexity index is 1180. The van der Waals surface area contributed by atoms with E-state index >= 15 is 0 Å². The Hall–Kier alpha value is -2.67. The van der Waals surface area contributed by atoms with Crippen LogP contribution in [0, 0.1) is 6.92 Å². The van der Waals surface area contributed by atoms with Crippen molar-refractivity contribution in [2.45, 2.75) is 33.4 Å². The molecule has 3 heterocycles. The van der Waals surface area contributed by atoms with Crippen LogP contribution in [0.15, 0.2) is 45.3 Å². The number of fused-ring (bicyclic) bond motifs is 3. The lowest BCUT2D eigenvalue weighted by Gasteiger charge is -2.05. The van der Waals surface area contributed by atoms with Crippen LogP contribution >= 0.6 is 11.3 Å². The molecule has 3 aromatic heterocycles. The van der Waals surface area contributed by atoms with Gasteiger partial charge < -0.3 is 0 Å². The lowest BCUT2D eigenvalue weighted by atomic mass is 10.1. The molecule has 0 spiro atoms. The van der Waals surface area contributed by atoms with Crippen LogP contribution in [0.4, 0.5) is 0 Å². The van der Waals surface area contributed by atoms with Crippen molar-refractivity contribution in [2.24, 2.45) is 0 Å². The minimum Gasteiger partial charge on any atom is -0.276 e. The van der Waals surface area contributed by atoms with Crippen molar-refractivity contribution in [2.75, 3.05) is 0 Å². The van der Waals surface area contributed by atoms with Crippen LogP contribution < -0.4 is 11.2 Å². The van der Waals surface area contributed by atoms with Gasteiger partial charge >= 0.3 is 5.69 Å². The molecule has 7 heteroatoms. The van der Waals surface area contributed by atoms with E-state index in [0.717, 1.165) is 12.0 Å². The van der Waals surface area contributed by atoms with Gasteiger partial charge in [-0.1, -0.05) is 36.8 Å². The third-order valence-corrected chi connectivity index (χ3v) is 5.18. The molecule has 0 radical (unpaired) electrons. The second-order valence-corrected chi connectivity index (χ2v) is 7.07. The molecule has 128 valence electrons. The lowest BCUT2D eigenvalue weighted by molar-refractivity contribution is 0.639. The molecule has 25 heavy (non-hydrogen) atoms. The average molecular weight is 354 g/mol. The first-order valence-corrected chi connectivity index (χ1v) is 9.13. The van der Waals surface area contributed by atoms with E-state index in [1.54, 1.807) is 8.97 Å². The fourth-order valence-electron chi connectivity index (χ4n) is 3.03. The van der Waals surface area contributed by atoms with Crippen LogP contribution in [0.25, 0.3) is 16.0 Å². The summed E-state index contributed by atoms with van der Waals surface area (Å²) >= 11 is 1.36. The summed E-state index contributed by atoms with van der Waals surface area (Å²) < 4.78 is 5.18. The molecule has 1 aromatic carbocycles. The molecule has 0 aliphatic heterocycles. The van der Waals surface area contributed by atoms with Crippen LogP contribution in [0.1, 0.15) is 24.5 Å².